The van der Waals surface area contributed by atoms with Crippen molar-refractivity contribution in [1.29, 1.82) is 0 Å². The molecule has 0 saturated heterocycles. The van der Waals surface area contributed by atoms with E-state index < -0.39 is 5.97 Å². The molecule has 6 heteroatoms. The summed E-state index contributed by atoms with van der Waals surface area (Å²) in [4.78, 5) is 19.6. The molecular weight excluding hydrogens is 381 g/mol. The zero-order valence-corrected chi connectivity index (χ0v) is 13.6. The van der Waals surface area contributed by atoms with E-state index in [0.717, 1.165) is 46.0 Å². The van der Waals surface area contributed by atoms with Crippen molar-refractivity contribution in [3.63, 3.8) is 0 Å². The summed E-state index contributed by atoms with van der Waals surface area (Å²) in [5.41, 5.74) is 0.923. The molecule has 1 heterocycles. The molecule has 0 unspecified atom stereocenters. The Hall–Kier alpha value is -1.44. The summed E-state index contributed by atoms with van der Waals surface area (Å²) in [6, 6.07) is 6.38. The average molecular weight is 397 g/mol. The number of anilines is 1. The maximum absolute atomic E-state index is 11.0. The van der Waals surface area contributed by atoms with Crippen molar-refractivity contribution in [1.82, 2.24) is 9.97 Å². The van der Waals surface area contributed by atoms with Gasteiger partial charge in [0.1, 0.15) is 12.1 Å². The molecule has 1 aliphatic carbocycles. The Kier molecular flexibility index (Phi) is 4.23. The van der Waals surface area contributed by atoms with Crippen LogP contribution in [0.15, 0.2) is 24.5 Å². The molecule has 0 spiro atoms. The number of nitrogens with one attached hydrogen (secondary N) is 1. The SMILES string of the molecule is O=C(O)C1CCC(Nc2ncnc3ccc(I)cc23)CC1. The number of hydrogen-bond donors (Lipinski definition) is 2. The Morgan fingerprint density at radius 3 is 2.71 bits per heavy atom. The Morgan fingerprint density at radius 2 is 2.00 bits per heavy atom. The van der Waals surface area contributed by atoms with Crippen LogP contribution in [0, 0.1) is 9.49 Å². The summed E-state index contributed by atoms with van der Waals surface area (Å²) in [6.45, 7) is 0. The fourth-order valence-corrected chi connectivity index (χ4v) is 3.31. The minimum atomic E-state index is -0.671. The number of hydrogen-bond acceptors (Lipinski definition) is 4. The first-order chi connectivity index (χ1) is 10.1. The number of carbonyl (C=O) groups is 1. The van der Waals surface area contributed by atoms with Gasteiger partial charge in [-0.05, 0) is 66.5 Å². The number of aliphatic carboxylic acids is 1. The third kappa shape index (κ3) is 3.25. The second-order valence-electron chi connectivity index (χ2n) is 5.41. The van der Waals surface area contributed by atoms with E-state index in [1.54, 1.807) is 6.33 Å². The first kappa shape index (κ1) is 14.5. The molecule has 0 atom stereocenters. The molecule has 1 fully saturated rings. The van der Waals surface area contributed by atoms with Crippen LogP contribution in [0.4, 0.5) is 5.82 Å². The lowest BCUT2D eigenvalue weighted by molar-refractivity contribution is -0.142. The monoisotopic (exact) mass is 397 g/mol. The minimum absolute atomic E-state index is 0.189. The summed E-state index contributed by atoms with van der Waals surface area (Å²) in [5, 5.41) is 13.5. The Labute approximate surface area is 136 Å². The second kappa shape index (κ2) is 6.13. The van der Waals surface area contributed by atoms with Crippen LogP contribution in [0.2, 0.25) is 0 Å². The summed E-state index contributed by atoms with van der Waals surface area (Å²) >= 11 is 2.28. The van der Waals surface area contributed by atoms with E-state index in [2.05, 4.69) is 43.9 Å². The standard InChI is InChI=1S/C15H16IN3O2/c16-10-3-6-13-12(7-10)14(18-8-17-13)19-11-4-1-9(2-5-11)15(20)21/h3,6-9,11H,1-2,4-5H2,(H,20,21)(H,17,18,19). The van der Waals surface area contributed by atoms with E-state index in [0.29, 0.717) is 0 Å². The van der Waals surface area contributed by atoms with Gasteiger partial charge in [0.15, 0.2) is 0 Å². The molecule has 21 heavy (non-hydrogen) atoms. The van der Waals surface area contributed by atoms with E-state index >= 15 is 0 Å². The van der Waals surface area contributed by atoms with Crippen LogP contribution in [0.25, 0.3) is 10.9 Å². The van der Waals surface area contributed by atoms with Crippen molar-refractivity contribution >= 4 is 45.3 Å². The minimum Gasteiger partial charge on any atom is -0.481 e. The highest BCUT2D eigenvalue weighted by Crippen LogP contribution is 2.28. The largest absolute Gasteiger partial charge is 0.481 e. The number of benzene rings is 1. The molecule has 2 N–H and O–H groups in total. The topological polar surface area (TPSA) is 75.1 Å². The van der Waals surface area contributed by atoms with E-state index in [1.807, 2.05) is 12.1 Å². The lowest BCUT2D eigenvalue weighted by Gasteiger charge is -2.27. The predicted octanol–water partition coefficient (Wildman–Crippen LogP) is 3.29. The van der Waals surface area contributed by atoms with Crippen molar-refractivity contribution in [3.05, 3.63) is 28.1 Å². The van der Waals surface area contributed by atoms with Gasteiger partial charge < -0.3 is 10.4 Å². The third-order valence-electron chi connectivity index (χ3n) is 4.01. The van der Waals surface area contributed by atoms with Gasteiger partial charge in [-0.2, -0.15) is 0 Å². The molecule has 0 amide bonds. The van der Waals surface area contributed by atoms with Gasteiger partial charge in [-0.3, -0.25) is 4.79 Å². The molecule has 1 saturated carbocycles. The van der Waals surface area contributed by atoms with Gasteiger partial charge in [0.05, 0.1) is 11.4 Å². The number of halogens is 1. The number of aromatic nitrogens is 2. The number of nitrogens with zero attached hydrogens (tertiary/aromatic N) is 2. The smallest absolute Gasteiger partial charge is 0.306 e. The number of fused-ring (bicyclic) bond motifs is 1. The Balaban J connectivity index is 1.77. The molecule has 1 aromatic carbocycles. The van der Waals surface area contributed by atoms with Crippen molar-refractivity contribution in [3.8, 4) is 0 Å². The maximum atomic E-state index is 11.0. The number of rotatable bonds is 3. The molecule has 0 aliphatic heterocycles. The van der Waals surface area contributed by atoms with Gasteiger partial charge in [-0.25, -0.2) is 9.97 Å². The molecular formula is C15H16IN3O2. The predicted molar refractivity (Wildman–Crippen MR) is 89.3 cm³/mol. The summed E-state index contributed by atoms with van der Waals surface area (Å²) < 4.78 is 1.15. The van der Waals surface area contributed by atoms with Gasteiger partial charge in [-0.1, -0.05) is 0 Å². The fourth-order valence-electron chi connectivity index (χ4n) is 2.82. The van der Waals surface area contributed by atoms with E-state index in [-0.39, 0.29) is 12.0 Å². The van der Waals surface area contributed by atoms with Gasteiger partial charge in [0, 0.05) is 15.0 Å². The average Bonchev–Trinajstić information content (AvgIpc) is 2.48. The van der Waals surface area contributed by atoms with E-state index in [9.17, 15) is 4.79 Å². The first-order valence-corrected chi connectivity index (χ1v) is 8.11. The molecule has 1 aromatic heterocycles. The summed E-state index contributed by atoms with van der Waals surface area (Å²) in [7, 11) is 0. The Bertz CT molecular complexity index is 669. The van der Waals surface area contributed by atoms with Gasteiger partial charge >= 0.3 is 5.97 Å². The van der Waals surface area contributed by atoms with Crippen LogP contribution in [0.5, 0.6) is 0 Å². The van der Waals surface area contributed by atoms with Crippen LogP contribution < -0.4 is 5.32 Å². The second-order valence-corrected chi connectivity index (χ2v) is 6.66. The molecule has 5 nitrogen and oxygen atoms in total. The molecule has 0 radical (unpaired) electrons. The van der Waals surface area contributed by atoms with Crippen molar-refractivity contribution < 1.29 is 9.90 Å². The Morgan fingerprint density at radius 1 is 1.24 bits per heavy atom. The first-order valence-electron chi connectivity index (χ1n) is 7.03. The zero-order valence-electron chi connectivity index (χ0n) is 11.4. The van der Waals surface area contributed by atoms with Gasteiger partial charge in [0.25, 0.3) is 0 Å². The van der Waals surface area contributed by atoms with E-state index in [4.69, 9.17) is 5.11 Å². The molecule has 110 valence electrons. The highest BCUT2D eigenvalue weighted by molar-refractivity contribution is 14.1. The third-order valence-corrected chi connectivity index (χ3v) is 4.69. The van der Waals surface area contributed by atoms with Gasteiger partial charge in [0.2, 0.25) is 0 Å². The van der Waals surface area contributed by atoms with Crippen LogP contribution >= 0.6 is 22.6 Å². The highest BCUT2D eigenvalue weighted by Gasteiger charge is 2.26. The normalized spacial score (nSPS) is 22.1. The molecule has 0 bridgehead atoms. The van der Waals surface area contributed by atoms with Crippen molar-refractivity contribution in [2.45, 2.75) is 31.7 Å². The number of carboxylic acid groups (broad SMARTS) is 1. The van der Waals surface area contributed by atoms with Crippen molar-refractivity contribution in [2.75, 3.05) is 5.32 Å². The molecule has 1 aliphatic rings. The highest BCUT2D eigenvalue weighted by atomic mass is 127. The maximum Gasteiger partial charge on any atom is 0.306 e. The number of carboxylic acids is 1. The summed E-state index contributed by atoms with van der Waals surface area (Å²) in [6.07, 6.45) is 4.76. The lowest BCUT2D eigenvalue weighted by Crippen LogP contribution is -2.29. The van der Waals surface area contributed by atoms with Crippen LogP contribution in [-0.2, 0) is 4.79 Å². The van der Waals surface area contributed by atoms with Gasteiger partial charge in [-0.15, -0.1) is 0 Å². The van der Waals surface area contributed by atoms with E-state index in [1.165, 1.54) is 0 Å². The zero-order chi connectivity index (χ0) is 14.8. The van der Waals surface area contributed by atoms with Crippen LogP contribution in [0.3, 0.4) is 0 Å². The molecule has 2 aromatic rings. The lowest BCUT2D eigenvalue weighted by atomic mass is 9.86. The molecule has 3 rings (SSSR count). The quantitative estimate of drug-likeness (QED) is 0.778. The van der Waals surface area contributed by atoms with Crippen LogP contribution in [-0.4, -0.2) is 27.1 Å². The fraction of sp³-hybridized carbons (Fsp3) is 0.400. The van der Waals surface area contributed by atoms with Crippen molar-refractivity contribution in [2.24, 2.45) is 5.92 Å². The summed E-state index contributed by atoms with van der Waals surface area (Å²) in [5.74, 6) is -0.0149. The van der Waals surface area contributed by atoms with Crippen LogP contribution in [0.1, 0.15) is 25.7 Å².